The van der Waals surface area contributed by atoms with Crippen LogP contribution in [0.3, 0.4) is 0 Å². The van der Waals surface area contributed by atoms with E-state index in [1.807, 2.05) is 0 Å². The predicted molar refractivity (Wildman–Crippen MR) is 56.8 cm³/mol. The van der Waals surface area contributed by atoms with Gasteiger partial charge in [0.15, 0.2) is 0 Å². The van der Waals surface area contributed by atoms with Crippen LogP contribution in [0.15, 0.2) is 23.0 Å². The third-order valence-electron chi connectivity index (χ3n) is 2.82. The summed E-state index contributed by atoms with van der Waals surface area (Å²) in [5.41, 5.74) is 15.1. The van der Waals surface area contributed by atoms with Crippen molar-refractivity contribution >= 4 is 0 Å². The Morgan fingerprint density at radius 3 is 2.85 bits per heavy atom. The van der Waals surface area contributed by atoms with Crippen LogP contribution in [-0.2, 0) is 0 Å². The molecule has 0 bridgehead atoms. The SMILES string of the molecule is CC/C(=C/N)C1=C(N)CCC(C)C1. The monoisotopic (exact) mass is 180 g/mol. The zero-order valence-electron chi connectivity index (χ0n) is 8.64. The summed E-state index contributed by atoms with van der Waals surface area (Å²) in [7, 11) is 0. The zero-order valence-corrected chi connectivity index (χ0v) is 8.64. The Kier molecular flexibility index (Phi) is 3.40. The van der Waals surface area contributed by atoms with Crippen molar-refractivity contribution in [1.82, 2.24) is 0 Å². The van der Waals surface area contributed by atoms with E-state index in [1.165, 1.54) is 17.6 Å². The van der Waals surface area contributed by atoms with Gasteiger partial charge in [0.25, 0.3) is 0 Å². The van der Waals surface area contributed by atoms with Crippen LogP contribution >= 0.6 is 0 Å². The highest BCUT2D eigenvalue weighted by atomic mass is 14.6. The Hall–Kier alpha value is -0.920. The molecule has 1 rings (SSSR count). The fourth-order valence-electron chi connectivity index (χ4n) is 1.90. The molecule has 1 aliphatic carbocycles. The van der Waals surface area contributed by atoms with Gasteiger partial charge in [-0.2, -0.15) is 0 Å². The molecule has 0 aromatic carbocycles. The molecule has 0 aromatic rings. The summed E-state index contributed by atoms with van der Waals surface area (Å²) in [5.74, 6) is 0.754. The zero-order chi connectivity index (χ0) is 9.84. The fourth-order valence-corrected chi connectivity index (χ4v) is 1.90. The minimum Gasteiger partial charge on any atom is -0.404 e. The molecule has 2 heteroatoms. The molecule has 0 aromatic heterocycles. The van der Waals surface area contributed by atoms with Crippen LogP contribution in [0.2, 0.25) is 0 Å². The van der Waals surface area contributed by atoms with Gasteiger partial charge in [0.1, 0.15) is 0 Å². The Bertz CT molecular complexity index is 238. The average molecular weight is 180 g/mol. The smallest absolute Gasteiger partial charge is 0.0116 e. The van der Waals surface area contributed by atoms with Crippen molar-refractivity contribution in [3.8, 4) is 0 Å². The molecule has 0 spiro atoms. The molecule has 0 fully saturated rings. The number of nitrogens with two attached hydrogens (primary N) is 2. The molecule has 1 atom stereocenters. The second-order valence-corrected chi connectivity index (χ2v) is 3.90. The topological polar surface area (TPSA) is 52.0 Å². The molecule has 2 nitrogen and oxygen atoms in total. The summed E-state index contributed by atoms with van der Waals surface area (Å²) in [6, 6.07) is 0. The van der Waals surface area contributed by atoms with Crippen molar-refractivity contribution in [2.75, 3.05) is 0 Å². The van der Waals surface area contributed by atoms with E-state index in [1.54, 1.807) is 6.20 Å². The molecule has 0 saturated carbocycles. The fraction of sp³-hybridized carbons (Fsp3) is 0.636. The largest absolute Gasteiger partial charge is 0.404 e. The van der Waals surface area contributed by atoms with E-state index in [0.29, 0.717) is 0 Å². The van der Waals surface area contributed by atoms with Crippen molar-refractivity contribution in [3.05, 3.63) is 23.0 Å². The standard InChI is InChI=1S/C11H20N2/c1-3-9(7-12)10-6-8(2)4-5-11(10)13/h7-8H,3-6,12-13H2,1-2H3/b9-7-. The minimum absolute atomic E-state index is 0.754. The second-order valence-electron chi connectivity index (χ2n) is 3.90. The van der Waals surface area contributed by atoms with Gasteiger partial charge in [-0.25, -0.2) is 0 Å². The molecular weight excluding hydrogens is 160 g/mol. The molecule has 0 amide bonds. The van der Waals surface area contributed by atoms with Crippen LogP contribution in [0.4, 0.5) is 0 Å². The molecule has 1 unspecified atom stereocenters. The van der Waals surface area contributed by atoms with Gasteiger partial charge in [0, 0.05) is 5.70 Å². The van der Waals surface area contributed by atoms with Gasteiger partial charge in [0.05, 0.1) is 0 Å². The minimum atomic E-state index is 0.754. The summed E-state index contributed by atoms with van der Waals surface area (Å²) in [4.78, 5) is 0. The highest BCUT2D eigenvalue weighted by Crippen LogP contribution is 2.31. The number of allylic oxidation sites excluding steroid dienone is 3. The summed E-state index contributed by atoms with van der Waals surface area (Å²) < 4.78 is 0. The first-order valence-electron chi connectivity index (χ1n) is 5.07. The molecule has 4 N–H and O–H groups in total. The lowest BCUT2D eigenvalue weighted by Gasteiger charge is -2.24. The normalized spacial score (nSPS) is 25.1. The first-order chi connectivity index (χ1) is 6.19. The highest BCUT2D eigenvalue weighted by Gasteiger charge is 2.17. The molecule has 0 radical (unpaired) electrons. The van der Waals surface area contributed by atoms with Crippen LogP contribution in [-0.4, -0.2) is 0 Å². The van der Waals surface area contributed by atoms with Crippen molar-refractivity contribution in [2.45, 2.75) is 39.5 Å². The summed E-state index contributed by atoms with van der Waals surface area (Å²) in [6.07, 6.45) is 6.05. The molecular formula is C11H20N2. The summed E-state index contributed by atoms with van der Waals surface area (Å²) >= 11 is 0. The quantitative estimate of drug-likeness (QED) is 0.685. The average Bonchev–Trinajstić information content (AvgIpc) is 2.13. The van der Waals surface area contributed by atoms with Crippen LogP contribution in [0.5, 0.6) is 0 Å². The third-order valence-corrected chi connectivity index (χ3v) is 2.82. The number of hydrogen-bond donors (Lipinski definition) is 2. The van der Waals surface area contributed by atoms with Crippen molar-refractivity contribution in [3.63, 3.8) is 0 Å². The highest BCUT2D eigenvalue weighted by molar-refractivity contribution is 5.35. The van der Waals surface area contributed by atoms with Gasteiger partial charge in [-0.3, -0.25) is 0 Å². The van der Waals surface area contributed by atoms with Gasteiger partial charge in [0.2, 0.25) is 0 Å². The Balaban J connectivity index is 2.87. The third kappa shape index (κ3) is 2.27. The number of hydrogen-bond acceptors (Lipinski definition) is 2. The maximum atomic E-state index is 5.98. The molecule has 0 aliphatic heterocycles. The van der Waals surface area contributed by atoms with E-state index in [2.05, 4.69) is 13.8 Å². The summed E-state index contributed by atoms with van der Waals surface area (Å²) in [5, 5.41) is 0. The van der Waals surface area contributed by atoms with E-state index < -0.39 is 0 Å². The lowest BCUT2D eigenvalue weighted by Crippen LogP contribution is -2.15. The first-order valence-corrected chi connectivity index (χ1v) is 5.07. The van der Waals surface area contributed by atoms with Crippen LogP contribution in [0.1, 0.15) is 39.5 Å². The molecule has 1 aliphatic rings. The van der Waals surface area contributed by atoms with E-state index in [4.69, 9.17) is 11.5 Å². The lowest BCUT2D eigenvalue weighted by molar-refractivity contribution is 0.495. The van der Waals surface area contributed by atoms with Gasteiger partial charge < -0.3 is 11.5 Å². The molecule has 0 saturated heterocycles. The number of rotatable bonds is 2. The van der Waals surface area contributed by atoms with Crippen molar-refractivity contribution < 1.29 is 0 Å². The Morgan fingerprint density at radius 1 is 1.62 bits per heavy atom. The van der Waals surface area contributed by atoms with Gasteiger partial charge >= 0.3 is 0 Å². The van der Waals surface area contributed by atoms with Crippen LogP contribution < -0.4 is 11.5 Å². The van der Waals surface area contributed by atoms with E-state index in [-0.39, 0.29) is 0 Å². The van der Waals surface area contributed by atoms with Gasteiger partial charge in [-0.15, -0.1) is 0 Å². The Morgan fingerprint density at radius 2 is 2.31 bits per heavy atom. The van der Waals surface area contributed by atoms with E-state index >= 15 is 0 Å². The van der Waals surface area contributed by atoms with Crippen molar-refractivity contribution in [1.29, 1.82) is 0 Å². The van der Waals surface area contributed by atoms with Crippen LogP contribution in [0, 0.1) is 5.92 Å². The summed E-state index contributed by atoms with van der Waals surface area (Å²) in [6.45, 7) is 4.40. The Labute approximate surface area is 80.7 Å². The molecule has 0 heterocycles. The maximum absolute atomic E-state index is 5.98. The lowest BCUT2D eigenvalue weighted by atomic mass is 9.84. The second kappa shape index (κ2) is 4.35. The van der Waals surface area contributed by atoms with Gasteiger partial charge in [-0.1, -0.05) is 13.8 Å². The van der Waals surface area contributed by atoms with E-state index in [0.717, 1.165) is 30.9 Å². The van der Waals surface area contributed by atoms with Crippen LogP contribution in [0.25, 0.3) is 0 Å². The predicted octanol–water partition coefficient (Wildman–Crippen LogP) is 2.27. The van der Waals surface area contributed by atoms with E-state index in [9.17, 15) is 0 Å². The van der Waals surface area contributed by atoms with Crippen molar-refractivity contribution in [2.24, 2.45) is 17.4 Å². The molecule has 74 valence electrons. The van der Waals surface area contributed by atoms with Gasteiger partial charge in [-0.05, 0) is 48.9 Å². The molecule has 13 heavy (non-hydrogen) atoms. The first kappa shape index (κ1) is 10.2. The maximum Gasteiger partial charge on any atom is 0.0116 e.